The molecule has 0 aromatic carbocycles. The highest BCUT2D eigenvalue weighted by Gasteiger charge is 2.14. The van der Waals surface area contributed by atoms with Crippen molar-refractivity contribution in [1.29, 1.82) is 0 Å². The highest BCUT2D eigenvalue weighted by atomic mass is 32.1. The number of hydrogen-bond donors (Lipinski definition) is 1. The molecule has 5 nitrogen and oxygen atoms in total. The van der Waals surface area contributed by atoms with E-state index in [-0.39, 0.29) is 5.91 Å². The van der Waals surface area contributed by atoms with Crippen LogP contribution in [0, 0.1) is 27.7 Å². The van der Waals surface area contributed by atoms with Crippen LogP contribution in [0.4, 0.5) is 0 Å². The summed E-state index contributed by atoms with van der Waals surface area (Å²) < 4.78 is 0. The maximum atomic E-state index is 12.2. The van der Waals surface area contributed by atoms with Gasteiger partial charge in [-0.1, -0.05) is 0 Å². The summed E-state index contributed by atoms with van der Waals surface area (Å²) >= 11 is 1.60. The maximum Gasteiger partial charge on any atom is 0.255 e. The third-order valence-corrected chi connectivity index (χ3v) is 3.94. The molecule has 0 bridgehead atoms. The number of rotatable bonds is 3. The first-order chi connectivity index (χ1) is 8.99. The van der Waals surface area contributed by atoms with Gasteiger partial charge in [-0.3, -0.25) is 4.79 Å². The first kappa shape index (κ1) is 13.6. The van der Waals surface area contributed by atoms with Crippen molar-refractivity contribution in [3.05, 3.63) is 38.9 Å². The van der Waals surface area contributed by atoms with E-state index in [4.69, 9.17) is 0 Å². The fourth-order valence-corrected chi connectivity index (χ4v) is 2.78. The zero-order valence-electron chi connectivity index (χ0n) is 11.4. The lowest BCUT2D eigenvalue weighted by Crippen LogP contribution is -2.25. The average molecular weight is 276 g/mol. The molecule has 0 atom stereocenters. The Morgan fingerprint density at radius 3 is 2.32 bits per heavy atom. The molecule has 2 aromatic heterocycles. The number of carbonyl (C=O) groups excluding carboxylic acids is 1. The molecular formula is C13H16N4OS. The Kier molecular flexibility index (Phi) is 3.90. The van der Waals surface area contributed by atoms with Gasteiger partial charge in [0, 0.05) is 4.88 Å². The normalized spacial score (nSPS) is 10.5. The lowest BCUT2D eigenvalue weighted by molar-refractivity contribution is 0.0949. The van der Waals surface area contributed by atoms with Crippen molar-refractivity contribution in [2.45, 2.75) is 34.2 Å². The molecule has 1 N–H and O–H groups in total. The van der Waals surface area contributed by atoms with Crippen LogP contribution in [0.2, 0.25) is 0 Å². The molecule has 0 spiro atoms. The summed E-state index contributed by atoms with van der Waals surface area (Å²) in [6, 6.07) is 0. The van der Waals surface area contributed by atoms with Crippen LogP contribution in [0.25, 0.3) is 0 Å². The molecule has 100 valence electrons. The van der Waals surface area contributed by atoms with Gasteiger partial charge in [0.15, 0.2) is 0 Å². The Hall–Kier alpha value is -1.82. The third-order valence-electron chi connectivity index (χ3n) is 2.86. The minimum absolute atomic E-state index is 0.138. The molecule has 0 saturated heterocycles. The Morgan fingerprint density at radius 2 is 1.79 bits per heavy atom. The van der Waals surface area contributed by atoms with Gasteiger partial charge in [-0.2, -0.15) is 0 Å². The van der Waals surface area contributed by atoms with Crippen molar-refractivity contribution in [2.75, 3.05) is 0 Å². The molecule has 1 amide bonds. The van der Waals surface area contributed by atoms with Gasteiger partial charge in [-0.15, -0.1) is 11.3 Å². The van der Waals surface area contributed by atoms with E-state index >= 15 is 0 Å². The van der Waals surface area contributed by atoms with Crippen LogP contribution < -0.4 is 5.32 Å². The Morgan fingerprint density at radius 1 is 1.16 bits per heavy atom. The average Bonchev–Trinajstić information content (AvgIpc) is 2.65. The molecule has 2 rings (SSSR count). The first-order valence-electron chi connectivity index (χ1n) is 5.98. The van der Waals surface area contributed by atoms with Crippen molar-refractivity contribution in [2.24, 2.45) is 0 Å². The van der Waals surface area contributed by atoms with Gasteiger partial charge in [0.05, 0.1) is 34.2 Å². The highest BCUT2D eigenvalue weighted by molar-refractivity contribution is 7.11. The number of aryl methyl sites for hydroxylation is 4. The number of carbonyl (C=O) groups is 1. The second kappa shape index (κ2) is 5.44. The van der Waals surface area contributed by atoms with Crippen molar-refractivity contribution >= 4 is 17.2 Å². The monoisotopic (exact) mass is 276 g/mol. The Bertz CT molecular complexity index is 601. The van der Waals surface area contributed by atoms with Gasteiger partial charge in [0.25, 0.3) is 5.91 Å². The van der Waals surface area contributed by atoms with Crippen LogP contribution in [0.5, 0.6) is 0 Å². The Balaban J connectivity index is 2.12. The smallest absolute Gasteiger partial charge is 0.255 e. The molecule has 0 aliphatic rings. The van der Waals surface area contributed by atoms with Gasteiger partial charge >= 0.3 is 0 Å². The number of hydrogen-bond acceptors (Lipinski definition) is 5. The van der Waals surface area contributed by atoms with E-state index in [1.807, 2.05) is 27.7 Å². The second-order valence-electron chi connectivity index (χ2n) is 4.34. The van der Waals surface area contributed by atoms with E-state index < -0.39 is 0 Å². The molecule has 0 fully saturated rings. The fraction of sp³-hybridized carbons (Fsp3) is 0.385. The summed E-state index contributed by atoms with van der Waals surface area (Å²) in [7, 11) is 0. The number of aromatic nitrogens is 3. The second-order valence-corrected chi connectivity index (χ2v) is 5.63. The predicted molar refractivity (Wildman–Crippen MR) is 74.3 cm³/mol. The molecule has 0 radical (unpaired) electrons. The van der Waals surface area contributed by atoms with E-state index in [0.717, 1.165) is 15.6 Å². The van der Waals surface area contributed by atoms with Gasteiger partial charge < -0.3 is 5.32 Å². The predicted octanol–water partition coefficient (Wildman–Crippen LogP) is 2.10. The highest BCUT2D eigenvalue weighted by Crippen LogP contribution is 2.17. The summed E-state index contributed by atoms with van der Waals surface area (Å²) in [6.07, 6.45) is 1.47. The van der Waals surface area contributed by atoms with Crippen LogP contribution in [0.3, 0.4) is 0 Å². The molecule has 0 aliphatic carbocycles. The number of nitrogens with one attached hydrogen (secondary N) is 1. The topological polar surface area (TPSA) is 67.8 Å². The molecule has 19 heavy (non-hydrogen) atoms. The largest absolute Gasteiger partial charge is 0.347 e. The van der Waals surface area contributed by atoms with Crippen LogP contribution >= 0.6 is 11.3 Å². The standard InChI is InChI=1S/C13H16N4OS/c1-7-11(19-10(4)17-7)5-14-13(18)12-8(2)15-6-16-9(12)3/h6H,5H2,1-4H3,(H,14,18). The summed E-state index contributed by atoms with van der Waals surface area (Å²) in [4.78, 5) is 25.7. The summed E-state index contributed by atoms with van der Waals surface area (Å²) in [5, 5.41) is 3.91. The quantitative estimate of drug-likeness (QED) is 0.932. The third kappa shape index (κ3) is 2.96. The van der Waals surface area contributed by atoms with Gasteiger partial charge in [-0.25, -0.2) is 15.0 Å². The van der Waals surface area contributed by atoms with E-state index in [2.05, 4.69) is 20.3 Å². The molecular weight excluding hydrogens is 260 g/mol. The van der Waals surface area contributed by atoms with Gasteiger partial charge in [0.1, 0.15) is 6.33 Å². The van der Waals surface area contributed by atoms with Crippen LogP contribution in [0.1, 0.15) is 37.3 Å². The fourth-order valence-electron chi connectivity index (χ4n) is 1.91. The summed E-state index contributed by atoms with van der Waals surface area (Å²) in [5.74, 6) is -0.138. The van der Waals surface area contributed by atoms with E-state index in [9.17, 15) is 4.79 Å². The van der Waals surface area contributed by atoms with Crippen molar-refractivity contribution in [3.63, 3.8) is 0 Å². The van der Waals surface area contributed by atoms with Crippen molar-refractivity contribution < 1.29 is 4.79 Å². The van der Waals surface area contributed by atoms with Gasteiger partial charge in [0.2, 0.25) is 0 Å². The van der Waals surface area contributed by atoms with E-state index in [0.29, 0.717) is 23.5 Å². The molecule has 2 aromatic rings. The van der Waals surface area contributed by atoms with Gasteiger partial charge in [-0.05, 0) is 27.7 Å². The van der Waals surface area contributed by atoms with E-state index in [1.165, 1.54) is 6.33 Å². The summed E-state index contributed by atoms with van der Waals surface area (Å²) in [5.41, 5.74) is 2.92. The molecule has 0 saturated carbocycles. The summed E-state index contributed by atoms with van der Waals surface area (Å²) in [6.45, 7) is 8.02. The minimum atomic E-state index is -0.138. The zero-order valence-corrected chi connectivity index (χ0v) is 12.3. The number of thiazole rings is 1. The van der Waals surface area contributed by atoms with Crippen molar-refractivity contribution in [3.8, 4) is 0 Å². The molecule has 2 heterocycles. The van der Waals surface area contributed by atoms with Crippen molar-refractivity contribution in [1.82, 2.24) is 20.3 Å². The van der Waals surface area contributed by atoms with Crippen LogP contribution in [-0.4, -0.2) is 20.9 Å². The molecule has 6 heteroatoms. The molecule has 0 unspecified atom stereocenters. The minimum Gasteiger partial charge on any atom is -0.347 e. The Labute approximate surface area is 116 Å². The van der Waals surface area contributed by atoms with E-state index in [1.54, 1.807) is 11.3 Å². The van der Waals surface area contributed by atoms with Crippen LogP contribution in [0.15, 0.2) is 6.33 Å². The lowest BCUT2D eigenvalue weighted by atomic mass is 10.1. The zero-order chi connectivity index (χ0) is 14.0. The number of nitrogens with zero attached hydrogens (tertiary/aromatic N) is 3. The first-order valence-corrected chi connectivity index (χ1v) is 6.80. The molecule has 0 aliphatic heterocycles. The van der Waals surface area contributed by atoms with Crippen LogP contribution in [-0.2, 0) is 6.54 Å². The SMILES string of the molecule is Cc1nc(C)c(CNC(=O)c2c(C)ncnc2C)s1. The maximum absolute atomic E-state index is 12.2. The number of amides is 1. The lowest BCUT2D eigenvalue weighted by Gasteiger charge is -2.08.